The second-order valence-electron chi connectivity index (χ2n) is 7.00. The molecule has 0 radical (unpaired) electrons. The predicted molar refractivity (Wildman–Crippen MR) is 99.4 cm³/mol. The number of carbonyl (C=O) groups excluding carboxylic acids is 1. The van der Waals surface area contributed by atoms with Crippen molar-refractivity contribution < 1.29 is 4.79 Å². The first-order valence-corrected chi connectivity index (χ1v) is 9.64. The van der Waals surface area contributed by atoms with Crippen molar-refractivity contribution in [3.05, 3.63) is 48.5 Å². The maximum absolute atomic E-state index is 12.7. The summed E-state index contributed by atoms with van der Waals surface area (Å²) in [6.45, 7) is 3.34. The Kier molecular flexibility index (Phi) is 3.60. The minimum atomic E-state index is -0.0448. The molecule has 3 fully saturated rings. The summed E-state index contributed by atoms with van der Waals surface area (Å²) in [6, 6.07) is 8.32. The fourth-order valence-corrected chi connectivity index (χ4v) is 5.06. The average Bonchev–Trinajstić information content (AvgIpc) is 3.31. The maximum atomic E-state index is 12.7. The van der Waals surface area contributed by atoms with Crippen LogP contribution in [0.5, 0.6) is 0 Å². The molecular formula is C19H20N4OS. The second kappa shape index (κ2) is 5.97. The molecule has 1 unspecified atom stereocenters. The highest BCUT2D eigenvalue weighted by Gasteiger charge is 2.35. The van der Waals surface area contributed by atoms with Gasteiger partial charge in [0.05, 0.1) is 0 Å². The largest absolute Gasteiger partial charge is 0.346 e. The highest BCUT2D eigenvalue weighted by Crippen LogP contribution is 2.30. The van der Waals surface area contributed by atoms with Crippen LogP contribution in [-0.4, -0.2) is 46.0 Å². The van der Waals surface area contributed by atoms with Crippen molar-refractivity contribution in [2.75, 3.05) is 19.6 Å². The number of nitrogens with one attached hydrogen (secondary N) is 1. The van der Waals surface area contributed by atoms with E-state index in [4.69, 9.17) is 0 Å². The van der Waals surface area contributed by atoms with Gasteiger partial charge in [0.2, 0.25) is 0 Å². The molecule has 3 aliphatic heterocycles. The van der Waals surface area contributed by atoms with Gasteiger partial charge in [0, 0.05) is 41.3 Å². The monoisotopic (exact) mass is 352 g/mol. The molecule has 3 saturated heterocycles. The van der Waals surface area contributed by atoms with E-state index in [0.717, 1.165) is 21.6 Å². The topological polar surface area (TPSA) is 50.2 Å². The fourth-order valence-electron chi connectivity index (χ4n) is 4.02. The number of carbonyl (C=O) groups is 1. The molecule has 1 N–H and O–H groups in total. The van der Waals surface area contributed by atoms with Crippen LogP contribution in [-0.2, 0) is 0 Å². The molecule has 25 heavy (non-hydrogen) atoms. The zero-order chi connectivity index (χ0) is 16.8. The minimum absolute atomic E-state index is 0.0448. The van der Waals surface area contributed by atoms with Crippen LogP contribution in [0.4, 0.5) is 0 Å². The minimum Gasteiger partial charge on any atom is -0.346 e. The highest BCUT2D eigenvalue weighted by atomic mass is 32.1. The first kappa shape index (κ1) is 15.1. The number of rotatable bonds is 3. The first-order valence-electron chi connectivity index (χ1n) is 8.82. The van der Waals surface area contributed by atoms with Gasteiger partial charge in [-0.25, -0.2) is 0 Å². The number of hydrogen-bond donors (Lipinski definition) is 1. The number of hydrogen-bond acceptors (Lipinski definition) is 4. The van der Waals surface area contributed by atoms with Crippen molar-refractivity contribution >= 4 is 27.3 Å². The summed E-state index contributed by atoms with van der Waals surface area (Å²) in [5.74, 6) is 0.580. The number of thiophene rings is 1. The molecule has 1 amide bonds. The van der Waals surface area contributed by atoms with Crippen molar-refractivity contribution in [2.45, 2.75) is 18.9 Å². The molecule has 0 aromatic carbocycles. The number of nitrogens with zero attached hydrogens (tertiary/aromatic N) is 3. The molecule has 128 valence electrons. The first-order chi connectivity index (χ1) is 12.3. The van der Waals surface area contributed by atoms with Crippen LogP contribution in [0.15, 0.2) is 42.9 Å². The zero-order valence-electron chi connectivity index (χ0n) is 13.9. The summed E-state index contributed by atoms with van der Waals surface area (Å²) in [5, 5.41) is 5.43. The normalized spacial score (nSPS) is 25.4. The van der Waals surface area contributed by atoms with Crippen LogP contribution < -0.4 is 5.32 Å². The van der Waals surface area contributed by atoms with Gasteiger partial charge in [-0.05, 0) is 56.1 Å². The van der Waals surface area contributed by atoms with Crippen LogP contribution >= 0.6 is 11.3 Å². The van der Waals surface area contributed by atoms with Crippen molar-refractivity contribution in [2.24, 2.45) is 5.92 Å². The van der Waals surface area contributed by atoms with Crippen LogP contribution in [0.2, 0.25) is 0 Å². The van der Waals surface area contributed by atoms with Gasteiger partial charge in [0.25, 0.3) is 5.91 Å². The Morgan fingerprint density at radius 3 is 2.72 bits per heavy atom. The molecule has 6 heterocycles. The Bertz CT molecular complexity index is 909. The van der Waals surface area contributed by atoms with E-state index >= 15 is 0 Å². The number of amides is 1. The number of pyridine rings is 1. The Labute approximate surface area is 150 Å². The van der Waals surface area contributed by atoms with Crippen molar-refractivity contribution in [3.63, 3.8) is 0 Å². The summed E-state index contributed by atoms with van der Waals surface area (Å²) in [4.78, 5) is 19.5. The van der Waals surface area contributed by atoms with Gasteiger partial charge < -0.3 is 14.8 Å². The van der Waals surface area contributed by atoms with Gasteiger partial charge in [-0.15, -0.1) is 11.3 Å². The number of aromatic nitrogens is 2. The Morgan fingerprint density at radius 2 is 2.00 bits per heavy atom. The molecule has 6 heteroatoms. The van der Waals surface area contributed by atoms with Gasteiger partial charge >= 0.3 is 0 Å². The molecule has 0 aliphatic carbocycles. The van der Waals surface area contributed by atoms with E-state index in [9.17, 15) is 4.79 Å². The molecule has 3 aliphatic rings. The maximum Gasteiger partial charge on any atom is 0.270 e. The number of fused-ring (bicyclic) bond motifs is 4. The fraction of sp³-hybridized carbons (Fsp3) is 0.368. The lowest BCUT2D eigenvalue weighted by molar-refractivity contribution is 0.0618. The van der Waals surface area contributed by atoms with E-state index in [1.807, 2.05) is 36.8 Å². The van der Waals surface area contributed by atoms with Crippen molar-refractivity contribution in [1.29, 1.82) is 0 Å². The lowest BCUT2D eigenvalue weighted by Crippen LogP contribution is -2.57. The molecular weight excluding hydrogens is 332 g/mol. The summed E-state index contributed by atoms with van der Waals surface area (Å²) in [5.41, 5.74) is 0.518. The zero-order valence-corrected chi connectivity index (χ0v) is 14.7. The van der Waals surface area contributed by atoms with Gasteiger partial charge in [0.1, 0.15) is 10.7 Å². The van der Waals surface area contributed by atoms with Crippen molar-refractivity contribution in [1.82, 2.24) is 19.8 Å². The van der Waals surface area contributed by atoms with E-state index in [1.54, 1.807) is 11.3 Å². The summed E-state index contributed by atoms with van der Waals surface area (Å²) < 4.78 is 3.18. The molecule has 1 atom stereocenters. The molecule has 6 rings (SSSR count). The van der Waals surface area contributed by atoms with E-state index in [-0.39, 0.29) is 11.9 Å². The quantitative estimate of drug-likeness (QED) is 0.788. The number of piperidine rings is 3. The van der Waals surface area contributed by atoms with E-state index in [1.165, 1.54) is 25.9 Å². The van der Waals surface area contributed by atoms with Gasteiger partial charge in [-0.2, -0.15) is 0 Å². The van der Waals surface area contributed by atoms with E-state index < -0.39 is 0 Å². The summed E-state index contributed by atoms with van der Waals surface area (Å²) >= 11 is 1.68. The third kappa shape index (κ3) is 2.75. The second-order valence-corrected chi connectivity index (χ2v) is 8.06. The van der Waals surface area contributed by atoms with Crippen LogP contribution in [0.1, 0.15) is 23.3 Å². The van der Waals surface area contributed by atoms with Gasteiger partial charge in [-0.3, -0.25) is 9.78 Å². The molecule has 3 aromatic rings. The third-order valence-electron chi connectivity index (χ3n) is 5.45. The summed E-state index contributed by atoms with van der Waals surface area (Å²) in [6.07, 6.45) is 8.26. The van der Waals surface area contributed by atoms with E-state index in [2.05, 4.69) is 25.8 Å². The summed E-state index contributed by atoms with van der Waals surface area (Å²) in [7, 11) is 0. The average molecular weight is 352 g/mol. The molecule has 2 bridgehead atoms. The Balaban J connectivity index is 1.38. The van der Waals surface area contributed by atoms with Gasteiger partial charge in [0.15, 0.2) is 0 Å². The highest BCUT2D eigenvalue weighted by molar-refractivity contribution is 7.21. The standard InChI is InChI=1S/C19H20N4OS/c24-19(21-16-12-22-7-3-13(16)4-8-22)15-10-17-14(11-20-15)9-18(25-17)23-5-1-2-6-23/h1-2,5-6,9-11,13,16H,3-4,7-8,12H2,(H,21,24). The van der Waals surface area contributed by atoms with Crippen molar-refractivity contribution in [3.8, 4) is 5.00 Å². The SMILES string of the molecule is O=C(NC1CN2CCC1CC2)c1cc2sc(-n3cccc3)cc2cn1. The predicted octanol–water partition coefficient (Wildman–Crippen LogP) is 2.91. The van der Waals surface area contributed by atoms with Crippen LogP contribution in [0, 0.1) is 5.92 Å². The lowest BCUT2D eigenvalue weighted by Gasteiger charge is -2.44. The van der Waals surface area contributed by atoms with Crippen LogP contribution in [0.25, 0.3) is 15.1 Å². The smallest absolute Gasteiger partial charge is 0.270 e. The third-order valence-corrected chi connectivity index (χ3v) is 6.56. The molecule has 0 saturated carbocycles. The van der Waals surface area contributed by atoms with E-state index in [0.29, 0.717) is 11.6 Å². The van der Waals surface area contributed by atoms with Crippen LogP contribution in [0.3, 0.4) is 0 Å². The molecule has 5 nitrogen and oxygen atoms in total. The molecule has 3 aromatic heterocycles. The lowest BCUT2D eigenvalue weighted by atomic mass is 9.84. The Hall–Kier alpha value is -2.18. The Morgan fingerprint density at radius 1 is 1.20 bits per heavy atom. The van der Waals surface area contributed by atoms with Gasteiger partial charge in [-0.1, -0.05) is 0 Å². The molecule has 0 spiro atoms.